The Bertz CT molecular complexity index is 1130. The van der Waals surface area contributed by atoms with Crippen LogP contribution in [-0.2, 0) is 17.9 Å². The summed E-state index contributed by atoms with van der Waals surface area (Å²) in [7, 11) is 0. The van der Waals surface area contributed by atoms with Crippen LogP contribution in [-0.4, -0.2) is 33.2 Å². The third kappa shape index (κ3) is 3.95. The fraction of sp³-hybridized carbons (Fsp3) is 0.333. The van der Waals surface area contributed by atoms with Crippen LogP contribution in [0.1, 0.15) is 53.9 Å². The van der Waals surface area contributed by atoms with Crippen molar-refractivity contribution in [1.29, 1.82) is 0 Å². The highest BCUT2D eigenvalue weighted by Crippen LogP contribution is 2.30. The minimum absolute atomic E-state index is 0.0314. The molecule has 0 fully saturated rings. The van der Waals surface area contributed by atoms with Crippen LogP contribution in [0.2, 0.25) is 0 Å². The Balaban J connectivity index is 1.76. The maximum Gasteiger partial charge on any atom is 0.273 e. The van der Waals surface area contributed by atoms with Gasteiger partial charge in [-0.05, 0) is 41.7 Å². The van der Waals surface area contributed by atoms with E-state index in [9.17, 15) is 9.59 Å². The number of benzene rings is 2. The van der Waals surface area contributed by atoms with E-state index in [2.05, 4.69) is 15.3 Å². The lowest BCUT2D eigenvalue weighted by Crippen LogP contribution is -2.32. The minimum Gasteiger partial charge on any atom is -0.368 e. The highest BCUT2D eigenvalue weighted by molar-refractivity contribution is 6.05. The van der Waals surface area contributed by atoms with Gasteiger partial charge in [0.2, 0.25) is 11.9 Å². The molecule has 7 nitrogen and oxygen atoms in total. The molecule has 0 saturated heterocycles. The Morgan fingerprint density at radius 1 is 1.10 bits per heavy atom. The van der Waals surface area contributed by atoms with E-state index >= 15 is 0 Å². The van der Waals surface area contributed by atoms with Gasteiger partial charge in [-0.15, -0.1) is 0 Å². The summed E-state index contributed by atoms with van der Waals surface area (Å²) in [4.78, 5) is 36.5. The fourth-order valence-electron chi connectivity index (χ4n) is 4.27. The molecule has 1 unspecified atom stereocenters. The van der Waals surface area contributed by atoms with E-state index in [1.165, 1.54) is 0 Å². The summed E-state index contributed by atoms with van der Waals surface area (Å²) in [5, 5.41) is 3.52. The highest BCUT2D eigenvalue weighted by Gasteiger charge is 2.28. The van der Waals surface area contributed by atoms with Crippen LogP contribution in [0.5, 0.6) is 0 Å². The number of likely N-dealkylation sites (N-methyl/N-ethyl adjacent to an activating group) is 1. The molecule has 1 atom stereocenters. The number of nitrogens with two attached hydrogens (primary N) is 1. The van der Waals surface area contributed by atoms with Crippen LogP contribution < -0.4 is 11.1 Å². The molecule has 1 aliphatic heterocycles. The summed E-state index contributed by atoms with van der Waals surface area (Å²) in [6.07, 6.45) is 0. The van der Waals surface area contributed by atoms with E-state index in [0.717, 1.165) is 16.7 Å². The zero-order valence-corrected chi connectivity index (χ0v) is 18.1. The average Bonchev–Trinajstić information content (AvgIpc) is 3.17. The molecule has 1 aliphatic rings. The van der Waals surface area contributed by atoms with Crippen molar-refractivity contribution in [3.8, 4) is 0 Å². The van der Waals surface area contributed by atoms with E-state index in [1.807, 2.05) is 63.2 Å². The van der Waals surface area contributed by atoms with Crippen LogP contribution in [0, 0.1) is 5.92 Å². The maximum absolute atomic E-state index is 13.4. The first kappa shape index (κ1) is 20.8. The maximum atomic E-state index is 13.4. The Morgan fingerprint density at radius 3 is 2.39 bits per heavy atom. The largest absolute Gasteiger partial charge is 0.368 e. The number of nitrogens with zero attached hydrogens (tertiary/aromatic N) is 3. The van der Waals surface area contributed by atoms with Crippen molar-refractivity contribution in [2.24, 2.45) is 5.92 Å². The van der Waals surface area contributed by atoms with Gasteiger partial charge in [-0.2, -0.15) is 0 Å². The molecule has 2 heterocycles. The second-order valence-corrected chi connectivity index (χ2v) is 8.25. The van der Waals surface area contributed by atoms with Crippen LogP contribution in [0.15, 0.2) is 42.5 Å². The second-order valence-electron chi connectivity index (χ2n) is 8.25. The number of anilines is 1. The van der Waals surface area contributed by atoms with Gasteiger partial charge in [0.05, 0.1) is 11.4 Å². The molecule has 2 aromatic carbocycles. The summed E-state index contributed by atoms with van der Waals surface area (Å²) in [5.74, 6) is -0.404. The molecule has 160 valence electrons. The molecular formula is C24H27N5O2. The number of rotatable bonds is 5. The number of hydrogen-bond donors (Lipinski definition) is 2. The molecular weight excluding hydrogens is 390 g/mol. The van der Waals surface area contributed by atoms with E-state index in [1.54, 1.807) is 4.90 Å². The monoisotopic (exact) mass is 417 g/mol. The molecule has 3 aromatic rings. The summed E-state index contributed by atoms with van der Waals surface area (Å²) in [6, 6.07) is 13.6. The molecule has 2 amide bonds. The predicted octanol–water partition coefficient (Wildman–Crippen LogP) is 3.24. The van der Waals surface area contributed by atoms with Crippen molar-refractivity contribution >= 4 is 28.7 Å². The molecule has 0 aliphatic carbocycles. The number of carbonyl (C=O) groups is 2. The van der Waals surface area contributed by atoms with Gasteiger partial charge in [-0.25, -0.2) is 9.97 Å². The van der Waals surface area contributed by atoms with Gasteiger partial charge in [0, 0.05) is 25.0 Å². The predicted molar refractivity (Wildman–Crippen MR) is 120 cm³/mol. The number of nitrogen functional groups attached to an aromatic ring is 1. The lowest BCUT2D eigenvalue weighted by Gasteiger charge is -2.21. The third-order valence-corrected chi connectivity index (χ3v) is 5.73. The first-order valence-corrected chi connectivity index (χ1v) is 10.6. The van der Waals surface area contributed by atoms with Crippen LogP contribution in [0.25, 0.3) is 10.9 Å². The number of fused-ring (bicyclic) bond motifs is 2. The minimum atomic E-state index is -0.333. The molecule has 0 bridgehead atoms. The van der Waals surface area contributed by atoms with E-state index in [0.29, 0.717) is 30.5 Å². The van der Waals surface area contributed by atoms with Crippen molar-refractivity contribution in [2.75, 3.05) is 12.3 Å². The number of hydrogen-bond acceptors (Lipinski definition) is 5. The van der Waals surface area contributed by atoms with Crippen molar-refractivity contribution in [3.05, 3.63) is 64.8 Å². The Morgan fingerprint density at radius 2 is 1.77 bits per heavy atom. The molecule has 7 heteroatoms. The van der Waals surface area contributed by atoms with E-state index < -0.39 is 0 Å². The zero-order chi connectivity index (χ0) is 22.1. The lowest BCUT2D eigenvalue weighted by molar-refractivity contribution is -0.123. The van der Waals surface area contributed by atoms with Gasteiger partial charge >= 0.3 is 0 Å². The van der Waals surface area contributed by atoms with Gasteiger partial charge in [-0.3, -0.25) is 9.59 Å². The molecule has 31 heavy (non-hydrogen) atoms. The van der Waals surface area contributed by atoms with Gasteiger partial charge in [0.15, 0.2) is 0 Å². The van der Waals surface area contributed by atoms with Crippen LogP contribution in [0.3, 0.4) is 0 Å². The molecule has 0 radical (unpaired) electrons. The van der Waals surface area contributed by atoms with Crippen molar-refractivity contribution < 1.29 is 9.59 Å². The van der Waals surface area contributed by atoms with Gasteiger partial charge < -0.3 is 16.0 Å². The van der Waals surface area contributed by atoms with Gasteiger partial charge in [-0.1, -0.05) is 44.2 Å². The first-order chi connectivity index (χ1) is 14.9. The Kier molecular flexibility index (Phi) is 5.59. The van der Waals surface area contributed by atoms with Gasteiger partial charge in [0.1, 0.15) is 5.69 Å². The Hall–Kier alpha value is -3.48. The average molecular weight is 418 g/mol. The lowest BCUT2D eigenvalue weighted by atomic mass is 9.86. The molecule has 4 rings (SSSR count). The highest BCUT2D eigenvalue weighted by atomic mass is 16.2. The van der Waals surface area contributed by atoms with Gasteiger partial charge in [0.25, 0.3) is 5.91 Å². The number of aromatic nitrogens is 2. The second kappa shape index (κ2) is 8.34. The Labute approximate surface area is 181 Å². The standard InChI is InChI=1S/C24H27N5O2/c1-4-26-22(30)20(14(2)3)15-9-10-19-18(11-15)21(28-24(25)27-19)23(31)29-12-16-7-5-6-8-17(16)13-29/h5-11,14,20H,4,12-13H2,1-3H3,(H,26,30)(H2,25,27,28). The summed E-state index contributed by atoms with van der Waals surface area (Å²) in [6.45, 7) is 7.56. The normalized spacial score (nSPS) is 14.0. The quantitative estimate of drug-likeness (QED) is 0.664. The van der Waals surface area contributed by atoms with E-state index in [-0.39, 0.29) is 35.3 Å². The number of amides is 2. The van der Waals surface area contributed by atoms with Crippen molar-refractivity contribution in [2.45, 2.75) is 39.8 Å². The summed E-state index contributed by atoms with van der Waals surface area (Å²) >= 11 is 0. The van der Waals surface area contributed by atoms with Crippen molar-refractivity contribution in [1.82, 2.24) is 20.2 Å². The third-order valence-electron chi connectivity index (χ3n) is 5.73. The first-order valence-electron chi connectivity index (χ1n) is 10.6. The number of carbonyl (C=O) groups excluding carboxylic acids is 2. The summed E-state index contributed by atoms with van der Waals surface area (Å²) < 4.78 is 0. The number of nitrogens with one attached hydrogen (secondary N) is 1. The molecule has 0 saturated carbocycles. The molecule has 1 aromatic heterocycles. The molecule has 0 spiro atoms. The molecule has 3 N–H and O–H groups in total. The zero-order valence-electron chi connectivity index (χ0n) is 18.1. The van der Waals surface area contributed by atoms with E-state index in [4.69, 9.17) is 5.73 Å². The SMILES string of the molecule is CCNC(=O)C(c1ccc2nc(N)nc(C(=O)N3Cc4ccccc4C3)c2c1)C(C)C. The van der Waals surface area contributed by atoms with Crippen molar-refractivity contribution in [3.63, 3.8) is 0 Å². The fourth-order valence-corrected chi connectivity index (χ4v) is 4.27. The smallest absolute Gasteiger partial charge is 0.273 e. The van der Waals surface area contributed by atoms with Crippen LogP contribution >= 0.6 is 0 Å². The summed E-state index contributed by atoms with van der Waals surface area (Å²) in [5.41, 5.74) is 9.90. The topological polar surface area (TPSA) is 101 Å². The van der Waals surface area contributed by atoms with Crippen LogP contribution in [0.4, 0.5) is 5.95 Å².